The Morgan fingerprint density at radius 3 is 2.88 bits per heavy atom. The molecule has 0 saturated heterocycles. The van der Waals surface area contributed by atoms with Crippen LogP contribution in [0.1, 0.15) is 22.8 Å². The molecule has 0 spiro atoms. The molecule has 2 aromatic rings. The summed E-state index contributed by atoms with van der Waals surface area (Å²) in [5.74, 6) is 0.544. The first-order chi connectivity index (χ1) is 11.7. The number of carbonyl (C=O) groups excluding carboxylic acids is 1. The maximum atomic E-state index is 12.6. The van der Waals surface area contributed by atoms with Crippen molar-refractivity contribution >= 4 is 41.3 Å². The molecule has 6 heteroatoms. The van der Waals surface area contributed by atoms with Crippen molar-refractivity contribution in [3.8, 4) is 16.2 Å². The molecule has 0 fully saturated rings. The predicted molar refractivity (Wildman–Crippen MR) is 110 cm³/mol. The Morgan fingerprint density at radius 2 is 2.16 bits per heavy atom. The van der Waals surface area contributed by atoms with E-state index in [4.69, 9.17) is 9.47 Å². The Balaban J connectivity index is 1.90. The maximum Gasteiger partial charge on any atom is 0.339 e. The van der Waals surface area contributed by atoms with Gasteiger partial charge in [0.15, 0.2) is 0 Å². The highest BCUT2D eigenvalue weighted by Crippen LogP contribution is 2.42. The van der Waals surface area contributed by atoms with Crippen molar-refractivity contribution in [2.75, 3.05) is 6.61 Å². The van der Waals surface area contributed by atoms with Crippen LogP contribution in [0, 0.1) is 0 Å². The second-order valence-electron chi connectivity index (χ2n) is 7.68. The minimum Gasteiger partial charge on any atom is -0.490 e. The Labute approximate surface area is 162 Å². The van der Waals surface area contributed by atoms with Gasteiger partial charge in [-0.3, -0.25) is 0 Å². The number of benzene rings is 1. The van der Waals surface area contributed by atoms with Gasteiger partial charge in [-0.1, -0.05) is 19.6 Å². The molecule has 0 aliphatic carbocycles. The molecule has 1 aliphatic rings. The van der Waals surface area contributed by atoms with Gasteiger partial charge in [-0.25, -0.2) is 4.79 Å². The van der Waals surface area contributed by atoms with E-state index in [1.165, 1.54) is 10.4 Å². The Hall–Kier alpha value is -1.11. The molecule has 0 radical (unpaired) electrons. The molecular formula is C19H23BrO3SSi. The third-order valence-corrected chi connectivity index (χ3v) is 7.55. The van der Waals surface area contributed by atoms with Crippen LogP contribution in [0.2, 0.25) is 25.7 Å². The van der Waals surface area contributed by atoms with Crippen LogP contribution in [0.15, 0.2) is 28.1 Å². The molecule has 1 atom stereocenters. The van der Waals surface area contributed by atoms with Gasteiger partial charge in [0.05, 0.1) is 12.2 Å². The highest BCUT2D eigenvalue weighted by molar-refractivity contribution is 9.10. The van der Waals surface area contributed by atoms with Gasteiger partial charge in [-0.05, 0) is 58.0 Å². The first kappa shape index (κ1) is 18.7. The summed E-state index contributed by atoms with van der Waals surface area (Å²) in [5, 5.41) is 2.10. The zero-order valence-corrected chi connectivity index (χ0v) is 18.4. The van der Waals surface area contributed by atoms with E-state index in [2.05, 4.69) is 53.9 Å². The number of thiophene rings is 1. The molecule has 0 saturated carbocycles. The van der Waals surface area contributed by atoms with Crippen LogP contribution >= 0.6 is 27.3 Å². The van der Waals surface area contributed by atoms with Crippen molar-refractivity contribution in [2.24, 2.45) is 0 Å². The first-order valence-electron chi connectivity index (χ1n) is 8.48. The van der Waals surface area contributed by atoms with Gasteiger partial charge in [-0.2, -0.15) is 0 Å². The number of carbonyl (C=O) groups is 1. The van der Waals surface area contributed by atoms with Gasteiger partial charge in [0.25, 0.3) is 0 Å². The summed E-state index contributed by atoms with van der Waals surface area (Å²) >= 11 is 5.20. The van der Waals surface area contributed by atoms with Crippen LogP contribution in [0.25, 0.3) is 10.4 Å². The van der Waals surface area contributed by atoms with Crippen molar-refractivity contribution < 1.29 is 14.3 Å². The van der Waals surface area contributed by atoms with Crippen molar-refractivity contribution in [2.45, 2.75) is 45.1 Å². The second-order valence-corrected chi connectivity index (χ2v) is 15.1. The van der Waals surface area contributed by atoms with Crippen molar-refractivity contribution in [3.05, 3.63) is 39.2 Å². The van der Waals surface area contributed by atoms with E-state index < -0.39 is 8.07 Å². The number of hydrogen-bond acceptors (Lipinski definition) is 4. The standard InChI is InChI=1S/C19H23BrO3SSi/c1-12-9-13-5-7-24-18(13)15-10-14(16(20)11-17(15)23-12)19(21)22-6-8-25(2,3)4/h5,7,10-12H,6,8-9H2,1-4H3/t12-/m1/s1. The van der Waals surface area contributed by atoms with Crippen molar-refractivity contribution in [1.82, 2.24) is 0 Å². The maximum absolute atomic E-state index is 12.6. The average Bonchev–Trinajstić information content (AvgIpc) is 2.89. The van der Waals surface area contributed by atoms with Crippen LogP contribution in [0.5, 0.6) is 5.75 Å². The molecule has 0 N–H and O–H groups in total. The number of ether oxygens (including phenoxy) is 2. The summed E-state index contributed by atoms with van der Waals surface area (Å²) in [6, 6.07) is 6.92. The number of rotatable bonds is 4. The fraction of sp³-hybridized carbons (Fsp3) is 0.421. The lowest BCUT2D eigenvalue weighted by Gasteiger charge is -2.17. The zero-order valence-electron chi connectivity index (χ0n) is 15.0. The van der Waals surface area contributed by atoms with Gasteiger partial charge in [-0.15, -0.1) is 11.3 Å². The molecule has 1 aromatic heterocycles. The quantitative estimate of drug-likeness (QED) is 0.433. The number of fused-ring (bicyclic) bond motifs is 3. The summed E-state index contributed by atoms with van der Waals surface area (Å²) in [6.07, 6.45) is 0.984. The smallest absolute Gasteiger partial charge is 0.339 e. The molecule has 2 heterocycles. The lowest BCUT2D eigenvalue weighted by atomic mass is 10.0. The van der Waals surface area contributed by atoms with E-state index in [0.29, 0.717) is 12.2 Å². The fourth-order valence-electron chi connectivity index (χ4n) is 2.81. The minimum atomic E-state index is -1.22. The molecule has 1 aromatic carbocycles. The van der Waals surface area contributed by atoms with E-state index in [0.717, 1.165) is 28.3 Å². The van der Waals surface area contributed by atoms with E-state index in [1.807, 2.05) is 12.1 Å². The lowest BCUT2D eigenvalue weighted by Crippen LogP contribution is -2.22. The van der Waals surface area contributed by atoms with Gasteiger partial charge in [0.1, 0.15) is 11.9 Å². The van der Waals surface area contributed by atoms with Gasteiger partial charge in [0, 0.05) is 29.4 Å². The highest BCUT2D eigenvalue weighted by Gasteiger charge is 2.24. The largest absolute Gasteiger partial charge is 0.490 e. The zero-order chi connectivity index (χ0) is 18.2. The van der Waals surface area contributed by atoms with Crippen LogP contribution in [-0.2, 0) is 11.2 Å². The van der Waals surface area contributed by atoms with E-state index in [9.17, 15) is 4.79 Å². The van der Waals surface area contributed by atoms with E-state index in [-0.39, 0.29) is 12.1 Å². The fourth-order valence-corrected chi connectivity index (χ4v) is 4.97. The Morgan fingerprint density at radius 1 is 1.40 bits per heavy atom. The van der Waals surface area contributed by atoms with Crippen LogP contribution in [-0.4, -0.2) is 26.8 Å². The van der Waals surface area contributed by atoms with Crippen LogP contribution < -0.4 is 4.74 Å². The van der Waals surface area contributed by atoms with Gasteiger partial charge < -0.3 is 9.47 Å². The highest BCUT2D eigenvalue weighted by atomic mass is 79.9. The SMILES string of the molecule is C[C@@H]1Cc2ccsc2-c2cc(C(=O)OCC[Si](C)(C)C)c(Br)cc2O1. The summed E-state index contributed by atoms with van der Waals surface area (Å²) in [6.45, 7) is 9.38. The third-order valence-electron chi connectivity index (χ3n) is 4.20. The molecular weight excluding hydrogens is 416 g/mol. The number of esters is 1. The summed E-state index contributed by atoms with van der Waals surface area (Å²) in [5.41, 5.74) is 2.82. The predicted octanol–water partition coefficient (Wildman–Crippen LogP) is 6.00. The van der Waals surface area contributed by atoms with Crippen molar-refractivity contribution in [1.29, 1.82) is 0 Å². The average molecular weight is 439 g/mol. The van der Waals surface area contributed by atoms with E-state index >= 15 is 0 Å². The molecule has 1 aliphatic heterocycles. The van der Waals surface area contributed by atoms with Crippen LogP contribution in [0.3, 0.4) is 0 Å². The molecule has 25 heavy (non-hydrogen) atoms. The van der Waals surface area contributed by atoms with Crippen LogP contribution in [0.4, 0.5) is 0 Å². The molecule has 0 amide bonds. The third kappa shape index (κ3) is 4.35. The Bertz CT molecular complexity index is 794. The number of halogens is 1. The first-order valence-corrected chi connectivity index (χ1v) is 13.9. The summed E-state index contributed by atoms with van der Waals surface area (Å²) < 4.78 is 12.3. The normalized spacial score (nSPS) is 16.4. The minimum absolute atomic E-state index is 0.107. The molecule has 0 bridgehead atoms. The van der Waals surface area contributed by atoms with Crippen molar-refractivity contribution in [3.63, 3.8) is 0 Å². The second kappa shape index (κ2) is 7.25. The van der Waals surface area contributed by atoms with Gasteiger partial charge in [0.2, 0.25) is 0 Å². The van der Waals surface area contributed by atoms with E-state index in [1.54, 1.807) is 11.3 Å². The molecule has 134 valence electrons. The monoisotopic (exact) mass is 438 g/mol. The number of hydrogen-bond donors (Lipinski definition) is 0. The van der Waals surface area contributed by atoms with Gasteiger partial charge >= 0.3 is 5.97 Å². The summed E-state index contributed by atoms with van der Waals surface area (Å²) in [4.78, 5) is 13.7. The topological polar surface area (TPSA) is 35.5 Å². The Kier molecular flexibility index (Phi) is 5.41. The summed E-state index contributed by atoms with van der Waals surface area (Å²) in [7, 11) is -1.22. The molecule has 0 unspecified atom stereocenters. The molecule has 3 nitrogen and oxygen atoms in total. The molecule has 3 rings (SSSR count). The lowest BCUT2D eigenvalue weighted by molar-refractivity contribution is 0.0524.